The maximum absolute atomic E-state index is 12.5. The minimum absolute atomic E-state index is 0.0365. The van der Waals surface area contributed by atoms with Crippen LogP contribution in [0.1, 0.15) is 27.0 Å². The number of carboxylic acids is 1. The summed E-state index contributed by atoms with van der Waals surface area (Å²) in [5.41, 5.74) is 2.90. The van der Waals surface area contributed by atoms with E-state index >= 15 is 0 Å². The van der Waals surface area contributed by atoms with E-state index in [4.69, 9.17) is 5.11 Å². The number of carboxylic acid groups (broad SMARTS) is 1. The summed E-state index contributed by atoms with van der Waals surface area (Å²) >= 11 is 0. The lowest BCUT2D eigenvalue weighted by Crippen LogP contribution is -2.15. The summed E-state index contributed by atoms with van der Waals surface area (Å²) in [4.78, 5) is 11.0. The molecule has 0 saturated heterocycles. The lowest BCUT2D eigenvalue weighted by molar-refractivity contribution is 0.0696. The van der Waals surface area contributed by atoms with Gasteiger partial charge in [-0.15, -0.1) is 0 Å². The molecule has 2 N–H and O–H groups in total. The lowest BCUT2D eigenvalue weighted by atomic mass is 10.1. The largest absolute Gasteiger partial charge is 0.478 e. The SMILES string of the molecule is Cc1ccc(NS(=O)(=O)c2cc(C(=O)O)ccc2C)cc1C. The molecule has 0 aliphatic rings. The number of nitrogens with one attached hydrogen (secondary N) is 1. The van der Waals surface area contributed by atoms with Crippen LogP contribution in [-0.4, -0.2) is 19.5 Å². The molecule has 0 unspecified atom stereocenters. The third kappa shape index (κ3) is 3.28. The van der Waals surface area contributed by atoms with E-state index in [2.05, 4.69) is 4.72 Å². The van der Waals surface area contributed by atoms with E-state index in [0.29, 0.717) is 11.3 Å². The Kier molecular flexibility index (Phi) is 4.23. The first-order valence-electron chi connectivity index (χ1n) is 6.65. The van der Waals surface area contributed by atoms with Crippen LogP contribution >= 0.6 is 0 Å². The van der Waals surface area contributed by atoms with Crippen LogP contribution in [0.4, 0.5) is 5.69 Å². The predicted molar refractivity (Wildman–Crippen MR) is 84.9 cm³/mol. The van der Waals surface area contributed by atoms with Gasteiger partial charge in [0.15, 0.2) is 0 Å². The fourth-order valence-corrected chi connectivity index (χ4v) is 3.36. The number of hydrogen-bond donors (Lipinski definition) is 2. The molecule has 0 aromatic heterocycles. The van der Waals surface area contributed by atoms with Crippen LogP contribution in [0.2, 0.25) is 0 Å². The molecule has 116 valence electrons. The Morgan fingerprint density at radius 1 is 0.955 bits per heavy atom. The van der Waals surface area contributed by atoms with Gasteiger partial charge >= 0.3 is 5.97 Å². The van der Waals surface area contributed by atoms with Gasteiger partial charge in [0.1, 0.15) is 0 Å². The molecule has 0 aliphatic heterocycles. The van der Waals surface area contributed by atoms with Crippen molar-refractivity contribution in [1.82, 2.24) is 0 Å². The number of benzene rings is 2. The number of sulfonamides is 1. The zero-order valence-electron chi connectivity index (χ0n) is 12.5. The van der Waals surface area contributed by atoms with Crippen molar-refractivity contribution in [3.8, 4) is 0 Å². The Bertz CT molecular complexity index is 841. The average Bonchev–Trinajstić information content (AvgIpc) is 2.42. The smallest absolute Gasteiger partial charge is 0.335 e. The van der Waals surface area contributed by atoms with Gasteiger partial charge in [-0.25, -0.2) is 13.2 Å². The molecule has 22 heavy (non-hydrogen) atoms. The summed E-state index contributed by atoms with van der Waals surface area (Å²) in [6.07, 6.45) is 0. The van der Waals surface area contributed by atoms with Crippen molar-refractivity contribution in [2.24, 2.45) is 0 Å². The highest BCUT2D eigenvalue weighted by Gasteiger charge is 2.19. The number of rotatable bonds is 4. The number of anilines is 1. The molecule has 6 heteroatoms. The Labute approximate surface area is 129 Å². The minimum atomic E-state index is -3.84. The first-order chi connectivity index (χ1) is 10.2. The van der Waals surface area contributed by atoms with Crippen LogP contribution in [0.3, 0.4) is 0 Å². The van der Waals surface area contributed by atoms with Crippen molar-refractivity contribution in [3.05, 3.63) is 58.7 Å². The maximum atomic E-state index is 12.5. The van der Waals surface area contributed by atoms with Crippen LogP contribution in [0.5, 0.6) is 0 Å². The van der Waals surface area contributed by atoms with Gasteiger partial charge < -0.3 is 5.11 Å². The monoisotopic (exact) mass is 319 g/mol. The topological polar surface area (TPSA) is 83.5 Å². The van der Waals surface area contributed by atoms with Crippen LogP contribution in [0, 0.1) is 20.8 Å². The van der Waals surface area contributed by atoms with E-state index < -0.39 is 16.0 Å². The van der Waals surface area contributed by atoms with E-state index in [1.807, 2.05) is 19.9 Å². The molecule has 0 radical (unpaired) electrons. The molecule has 0 bridgehead atoms. The molecule has 0 spiro atoms. The molecule has 2 aromatic rings. The van der Waals surface area contributed by atoms with Crippen molar-refractivity contribution in [3.63, 3.8) is 0 Å². The van der Waals surface area contributed by atoms with Crippen LogP contribution in [-0.2, 0) is 10.0 Å². The fraction of sp³-hybridized carbons (Fsp3) is 0.188. The van der Waals surface area contributed by atoms with E-state index in [1.165, 1.54) is 18.2 Å². The number of aryl methyl sites for hydroxylation is 3. The first kappa shape index (κ1) is 16.0. The van der Waals surface area contributed by atoms with Crippen molar-refractivity contribution < 1.29 is 18.3 Å². The second-order valence-electron chi connectivity index (χ2n) is 5.19. The van der Waals surface area contributed by atoms with Crippen molar-refractivity contribution in [1.29, 1.82) is 0 Å². The predicted octanol–water partition coefficient (Wildman–Crippen LogP) is 3.11. The van der Waals surface area contributed by atoms with Crippen molar-refractivity contribution in [2.75, 3.05) is 4.72 Å². The highest BCUT2D eigenvalue weighted by molar-refractivity contribution is 7.92. The maximum Gasteiger partial charge on any atom is 0.335 e. The number of aromatic carboxylic acids is 1. The summed E-state index contributed by atoms with van der Waals surface area (Å²) in [7, 11) is -3.84. The summed E-state index contributed by atoms with van der Waals surface area (Å²) in [6, 6.07) is 9.28. The van der Waals surface area contributed by atoms with Crippen LogP contribution in [0.25, 0.3) is 0 Å². The Hall–Kier alpha value is -2.34. The normalized spacial score (nSPS) is 11.2. The molecular formula is C16H17NO4S. The second-order valence-corrected chi connectivity index (χ2v) is 6.84. The summed E-state index contributed by atoms with van der Waals surface area (Å²) in [5, 5.41) is 9.01. The van der Waals surface area contributed by atoms with Gasteiger partial charge in [-0.3, -0.25) is 4.72 Å². The van der Waals surface area contributed by atoms with E-state index in [-0.39, 0.29) is 10.5 Å². The fourth-order valence-electron chi connectivity index (χ4n) is 2.04. The van der Waals surface area contributed by atoms with E-state index in [9.17, 15) is 13.2 Å². The van der Waals surface area contributed by atoms with Crippen molar-refractivity contribution in [2.45, 2.75) is 25.7 Å². The van der Waals surface area contributed by atoms with E-state index in [0.717, 1.165) is 11.1 Å². The molecule has 5 nitrogen and oxygen atoms in total. The Morgan fingerprint density at radius 3 is 2.18 bits per heavy atom. The van der Waals surface area contributed by atoms with Gasteiger partial charge in [0.2, 0.25) is 0 Å². The van der Waals surface area contributed by atoms with Gasteiger partial charge in [0.25, 0.3) is 10.0 Å². The minimum Gasteiger partial charge on any atom is -0.478 e. The van der Waals surface area contributed by atoms with Crippen LogP contribution in [0.15, 0.2) is 41.3 Å². The molecule has 0 fully saturated rings. The van der Waals surface area contributed by atoms with Crippen molar-refractivity contribution >= 4 is 21.7 Å². The molecule has 2 rings (SSSR count). The third-order valence-corrected chi connectivity index (χ3v) is 5.01. The number of carbonyl (C=O) groups is 1. The first-order valence-corrected chi connectivity index (χ1v) is 8.13. The lowest BCUT2D eigenvalue weighted by Gasteiger charge is -2.12. The Balaban J connectivity index is 2.44. The summed E-state index contributed by atoms with van der Waals surface area (Å²) in [5.74, 6) is -1.16. The highest BCUT2D eigenvalue weighted by atomic mass is 32.2. The van der Waals surface area contributed by atoms with Crippen LogP contribution < -0.4 is 4.72 Å². The standard InChI is InChI=1S/C16H17NO4S/c1-10-5-7-14(8-12(10)3)17-22(20,21)15-9-13(16(18)19)6-4-11(15)2/h4-9,17H,1-3H3,(H,18,19). The number of hydrogen-bond acceptors (Lipinski definition) is 3. The quantitative estimate of drug-likeness (QED) is 0.907. The third-order valence-electron chi connectivity index (χ3n) is 3.48. The average molecular weight is 319 g/mol. The van der Waals surface area contributed by atoms with Gasteiger partial charge in [-0.1, -0.05) is 12.1 Å². The molecule has 0 saturated carbocycles. The Morgan fingerprint density at radius 2 is 1.59 bits per heavy atom. The van der Waals surface area contributed by atoms with E-state index in [1.54, 1.807) is 19.1 Å². The summed E-state index contributed by atoms with van der Waals surface area (Å²) < 4.78 is 27.5. The second kappa shape index (κ2) is 5.81. The molecule has 0 heterocycles. The van der Waals surface area contributed by atoms with Gasteiger partial charge in [-0.2, -0.15) is 0 Å². The molecular weight excluding hydrogens is 302 g/mol. The van der Waals surface area contributed by atoms with Gasteiger partial charge in [0.05, 0.1) is 10.5 Å². The highest BCUT2D eigenvalue weighted by Crippen LogP contribution is 2.22. The molecule has 0 atom stereocenters. The van der Waals surface area contributed by atoms with Gasteiger partial charge in [0, 0.05) is 5.69 Å². The molecule has 0 aliphatic carbocycles. The zero-order chi connectivity index (χ0) is 16.5. The zero-order valence-corrected chi connectivity index (χ0v) is 13.4. The molecule has 0 amide bonds. The van der Waals surface area contributed by atoms with Gasteiger partial charge in [-0.05, 0) is 61.7 Å². The molecule has 2 aromatic carbocycles. The summed E-state index contributed by atoms with van der Waals surface area (Å²) in [6.45, 7) is 5.46.